The van der Waals surface area contributed by atoms with Gasteiger partial charge in [0.2, 0.25) is 5.91 Å². The maximum atomic E-state index is 14.9. The molecule has 0 spiro atoms. The summed E-state index contributed by atoms with van der Waals surface area (Å²) in [5.41, 5.74) is -0.641. The highest BCUT2D eigenvalue weighted by molar-refractivity contribution is 5.98. The van der Waals surface area contributed by atoms with Crippen LogP contribution in [0.3, 0.4) is 0 Å². The van der Waals surface area contributed by atoms with Gasteiger partial charge >= 0.3 is 5.97 Å². The highest BCUT2D eigenvalue weighted by atomic mass is 19.1. The molecule has 1 aromatic carbocycles. The zero-order chi connectivity index (χ0) is 27.0. The van der Waals surface area contributed by atoms with Gasteiger partial charge in [0.15, 0.2) is 11.6 Å². The van der Waals surface area contributed by atoms with E-state index in [-0.39, 0.29) is 58.9 Å². The van der Waals surface area contributed by atoms with Crippen LogP contribution in [0.4, 0.5) is 4.39 Å². The fourth-order valence-electron chi connectivity index (χ4n) is 7.18. The molecule has 0 unspecified atom stereocenters. The smallest absolute Gasteiger partial charge is 0.309 e. The number of aliphatic carboxylic acids is 1. The number of nitrogens with one attached hydrogen (secondary N) is 2. The fraction of sp³-hybridized carbons (Fsp3) is 0.690. The van der Waals surface area contributed by atoms with Crippen LogP contribution in [0, 0.1) is 29.0 Å². The van der Waals surface area contributed by atoms with E-state index in [1.165, 1.54) is 13.2 Å². The number of rotatable bonds is 8. The standard InChI is InChI=1S/C29H39FN2O6/c1-29(28(35)36)11-9-19(10-12-29)38-23-14-20(22(37-2)15-21(23)30)26(33)32-25-17-8-7-16(13-17)24(25)27(34)31-18-5-3-4-6-18/h14-19,24-25H,3-13H2,1-2H3,(H,31,34)(H,32,33)(H,35,36)/t16-,17+,19?,24+,25-,29?/m1/s1. The molecule has 0 aromatic heterocycles. The molecule has 4 aliphatic carbocycles. The summed E-state index contributed by atoms with van der Waals surface area (Å²) in [6.45, 7) is 1.72. The zero-order valence-corrected chi connectivity index (χ0v) is 22.3. The molecular weight excluding hydrogens is 491 g/mol. The first-order chi connectivity index (χ1) is 18.2. The lowest BCUT2D eigenvalue weighted by Gasteiger charge is -2.34. The average molecular weight is 531 g/mol. The summed E-state index contributed by atoms with van der Waals surface area (Å²) in [7, 11) is 1.38. The Hall–Kier alpha value is -2.84. The number of amides is 2. The van der Waals surface area contributed by atoms with Gasteiger partial charge < -0.3 is 25.2 Å². The molecule has 4 atom stereocenters. The quantitative estimate of drug-likeness (QED) is 0.458. The number of hydrogen-bond donors (Lipinski definition) is 3. The van der Waals surface area contributed by atoms with Gasteiger partial charge in [-0.05, 0) is 82.6 Å². The molecule has 9 heteroatoms. The Bertz CT molecular complexity index is 1080. The lowest BCUT2D eigenvalue weighted by molar-refractivity contribution is -0.150. The maximum Gasteiger partial charge on any atom is 0.309 e. The second-order valence-electron chi connectivity index (χ2n) is 12.0. The van der Waals surface area contributed by atoms with Gasteiger partial charge in [0.25, 0.3) is 5.91 Å². The molecule has 1 aromatic rings. The zero-order valence-electron chi connectivity index (χ0n) is 22.3. The first-order valence-corrected chi connectivity index (χ1v) is 14.1. The molecule has 5 rings (SSSR count). The summed E-state index contributed by atoms with van der Waals surface area (Å²) >= 11 is 0. The number of carbonyl (C=O) groups excluding carboxylic acids is 2. The Morgan fingerprint density at radius 2 is 1.66 bits per heavy atom. The Kier molecular flexibility index (Phi) is 7.56. The molecule has 2 amide bonds. The summed E-state index contributed by atoms with van der Waals surface area (Å²) in [6.07, 6.45) is 8.71. The van der Waals surface area contributed by atoms with Crippen molar-refractivity contribution < 1.29 is 33.4 Å². The van der Waals surface area contributed by atoms with Gasteiger partial charge in [-0.2, -0.15) is 0 Å². The molecule has 0 heterocycles. The van der Waals surface area contributed by atoms with Crippen molar-refractivity contribution in [2.45, 2.75) is 95.7 Å². The van der Waals surface area contributed by atoms with E-state index >= 15 is 0 Å². The molecule has 208 valence electrons. The van der Waals surface area contributed by atoms with Gasteiger partial charge in [-0.1, -0.05) is 12.8 Å². The normalized spacial score (nSPS) is 32.7. The minimum atomic E-state index is -0.832. The minimum Gasteiger partial charge on any atom is -0.496 e. The summed E-state index contributed by atoms with van der Waals surface area (Å²) in [5, 5.41) is 15.8. The van der Waals surface area contributed by atoms with Crippen LogP contribution in [0.2, 0.25) is 0 Å². The topological polar surface area (TPSA) is 114 Å². The summed E-state index contributed by atoms with van der Waals surface area (Å²) in [6, 6.07) is 2.48. The number of carboxylic acid groups (broad SMARTS) is 1. The van der Waals surface area contributed by atoms with Gasteiger partial charge in [-0.25, -0.2) is 4.39 Å². The van der Waals surface area contributed by atoms with Gasteiger partial charge in [0, 0.05) is 18.2 Å². The maximum absolute atomic E-state index is 14.9. The van der Waals surface area contributed by atoms with E-state index < -0.39 is 23.1 Å². The van der Waals surface area contributed by atoms with Crippen LogP contribution < -0.4 is 20.1 Å². The van der Waals surface area contributed by atoms with Gasteiger partial charge in [-0.3, -0.25) is 14.4 Å². The third-order valence-electron chi connectivity index (χ3n) is 9.56. The van der Waals surface area contributed by atoms with Crippen LogP contribution in [0.5, 0.6) is 11.5 Å². The van der Waals surface area contributed by atoms with E-state index in [9.17, 15) is 23.9 Å². The Balaban J connectivity index is 1.30. The van der Waals surface area contributed by atoms with Crippen LogP contribution in [0.15, 0.2) is 12.1 Å². The van der Waals surface area contributed by atoms with E-state index in [1.54, 1.807) is 6.92 Å². The molecule has 0 saturated heterocycles. The van der Waals surface area contributed by atoms with Crippen molar-refractivity contribution in [3.63, 3.8) is 0 Å². The van der Waals surface area contributed by atoms with Crippen molar-refractivity contribution in [1.82, 2.24) is 10.6 Å². The fourth-order valence-corrected chi connectivity index (χ4v) is 7.18. The Labute approximate surface area is 223 Å². The number of carbonyl (C=O) groups is 3. The van der Waals surface area contributed by atoms with E-state index in [4.69, 9.17) is 9.47 Å². The monoisotopic (exact) mass is 530 g/mol. The van der Waals surface area contributed by atoms with Gasteiger partial charge in [-0.15, -0.1) is 0 Å². The molecule has 38 heavy (non-hydrogen) atoms. The molecule has 3 N–H and O–H groups in total. The Morgan fingerprint density at radius 1 is 0.974 bits per heavy atom. The number of hydrogen-bond acceptors (Lipinski definition) is 5. The minimum absolute atomic E-state index is 0.0372. The van der Waals surface area contributed by atoms with E-state index in [1.807, 2.05) is 0 Å². The van der Waals surface area contributed by atoms with Crippen LogP contribution in [-0.4, -0.2) is 48.2 Å². The lowest BCUT2D eigenvalue weighted by atomic mass is 9.75. The molecule has 0 radical (unpaired) electrons. The number of fused-ring (bicyclic) bond motifs is 2. The highest BCUT2D eigenvalue weighted by Crippen LogP contribution is 2.49. The van der Waals surface area contributed by atoms with Crippen LogP contribution in [0.25, 0.3) is 0 Å². The SMILES string of the molecule is COc1cc(F)c(OC2CCC(C)(C(=O)O)CC2)cc1C(=O)N[C@@H]1[C@H]2CC[C@H](C2)[C@@H]1C(=O)NC1CCCC1. The third-order valence-corrected chi connectivity index (χ3v) is 9.56. The number of halogens is 1. The lowest BCUT2D eigenvalue weighted by Crippen LogP contribution is -2.51. The predicted molar refractivity (Wildman–Crippen MR) is 138 cm³/mol. The largest absolute Gasteiger partial charge is 0.496 e. The van der Waals surface area contributed by atoms with E-state index in [0.717, 1.165) is 51.0 Å². The van der Waals surface area contributed by atoms with Crippen molar-refractivity contribution in [3.05, 3.63) is 23.5 Å². The van der Waals surface area contributed by atoms with Crippen LogP contribution in [-0.2, 0) is 9.59 Å². The molecule has 2 bridgehead atoms. The first-order valence-electron chi connectivity index (χ1n) is 14.1. The van der Waals surface area contributed by atoms with E-state index in [0.29, 0.717) is 25.7 Å². The molecular formula is C29H39FN2O6. The molecule has 8 nitrogen and oxygen atoms in total. The van der Waals surface area contributed by atoms with Crippen LogP contribution in [0.1, 0.15) is 87.9 Å². The molecule has 0 aliphatic heterocycles. The van der Waals surface area contributed by atoms with Gasteiger partial charge in [0.1, 0.15) is 5.75 Å². The van der Waals surface area contributed by atoms with Crippen molar-refractivity contribution in [3.8, 4) is 11.5 Å². The number of benzene rings is 1. The molecule has 4 fully saturated rings. The van der Waals surface area contributed by atoms with Crippen molar-refractivity contribution in [1.29, 1.82) is 0 Å². The van der Waals surface area contributed by atoms with E-state index in [2.05, 4.69) is 10.6 Å². The number of methoxy groups -OCH3 is 1. The van der Waals surface area contributed by atoms with Crippen LogP contribution >= 0.6 is 0 Å². The second-order valence-corrected chi connectivity index (χ2v) is 12.0. The molecule has 4 saturated carbocycles. The number of carboxylic acids is 1. The average Bonchev–Trinajstić information content (AvgIpc) is 3.65. The van der Waals surface area contributed by atoms with Crippen molar-refractivity contribution in [2.75, 3.05) is 7.11 Å². The number of ether oxygens (including phenoxy) is 2. The summed E-state index contributed by atoms with van der Waals surface area (Å²) < 4.78 is 26.2. The third kappa shape index (κ3) is 5.21. The van der Waals surface area contributed by atoms with Crippen molar-refractivity contribution >= 4 is 17.8 Å². The summed E-state index contributed by atoms with van der Waals surface area (Å²) in [5.74, 6) is -1.54. The molecule has 4 aliphatic rings. The predicted octanol–water partition coefficient (Wildman–Crippen LogP) is 4.45. The highest BCUT2D eigenvalue weighted by Gasteiger charge is 2.51. The Morgan fingerprint density at radius 3 is 2.32 bits per heavy atom. The van der Waals surface area contributed by atoms with Gasteiger partial charge in [0.05, 0.1) is 30.1 Å². The second kappa shape index (κ2) is 10.7. The summed E-state index contributed by atoms with van der Waals surface area (Å²) in [4.78, 5) is 38.3. The van der Waals surface area contributed by atoms with Crippen molar-refractivity contribution in [2.24, 2.45) is 23.2 Å². The first kappa shape index (κ1) is 26.8.